The van der Waals surface area contributed by atoms with Gasteiger partial charge in [0, 0.05) is 40.1 Å². The second kappa shape index (κ2) is 9.14. The van der Waals surface area contributed by atoms with Gasteiger partial charge in [-0.15, -0.1) is 0 Å². The molecule has 0 radical (unpaired) electrons. The molecule has 2 aliphatic heterocycles. The Bertz CT molecular complexity index is 1680. The number of carbonyl (C=O) groups is 4. The van der Waals surface area contributed by atoms with Crippen molar-refractivity contribution in [2.24, 2.45) is 23.7 Å². The molecule has 0 aromatic heterocycles. The fourth-order valence-corrected chi connectivity index (χ4v) is 7.43. The molecule has 5 aliphatic rings. The molecule has 1 saturated heterocycles. The summed E-state index contributed by atoms with van der Waals surface area (Å²) in [5, 5.41) is 10.6. The van der Waals surface area contributed by atoms with Crippen molar-refractivity contribution in [1.82, 2.24) is 0 Å². The Hall–Kier alpha value is -3.75. The second-order valence-corrected chi connectivity index (χ2v) is 12.0. The van der Waals surface area contributed by atoms with Crippen molar-refractivity contribution in [3.63, 3.8) is 0 Å². The molecule has 0 spiro atoms. The molecule has 2 heterocycles. The third-order valence-electron chi connectivity index (χ3n) is 8.56. The van der Waals surface area contributed by atoms with Crippen LogP contribution < -0.4 is 9.64 Å². The van der Waals surface area contributed by atoms with Crippen LogP contribution in [0.2, 0.25) is 5.02 Å². The number of allylic oxidation sites excluding steroid dienone is 7. The van der Waals surface area contributed by atoms with Gasteiger partial charge in [-0.2, -0.15) is 0 Å². The van der Waals surface area contributed by atoms with Crippen LogP contribution in [0.15, 0.2) is 87.7 Å². The van der Waals surface area contributed by atoms with Gasteiger partial charge in [-0.05, 0) is 82.7 Å². The van der Waals surface area contributed by atoms with E-state index in [9.17, 15) is 24.3 Å². The van der Waals surface area contributed by atoms with Crippen LogP contribution in [0.1, 0.15) is 18.4 Å². The third kappa shape index (κ3) is 3.69. The molecule has 3 aliphatic carbocycles. The first-order valence-corrected chi connectivity index (χ1v) is 14.1. The fraction of sp³-hybridized carbons (Fsp3) is 0.226. The predicted octanol–water partition coefficient (Wildman–Crippen LogP) is 5.36. The van der Waals surface area contributed by atoms with Gasteiger partial charge in [0.15, 0.2) is 11.6 Å². The number of hydrogen-bond donors (Lipinski definition) is 1. The molecule has 0 unspecified atom stereocenters. The number of ether oxygens (including phenoxy) is 1. The number of carbonyl (C=O) groups excluding carboxylic acids is 4. The first-order valence-electron chi connectivity index (χ1n) is 12.9. The summed E-state index contributed by atoms with van der Waals surface area (Å²) in [6, 6.07) is 11.4. The van der Waals surface area contributed by atoms with Crippen LogP contribution in [0.5, 0.6) is 11.5 Å². The topological polar surface area (TPSA) is 101 Å². The van der Waals surface area contributed by atoms with Gasteiger partial charge in [-0.3, -0.25) is 24.1 Å². The molecule has 2 amide bonds. The molecule has 7 rings (SSSR count). The summed E-state index contributed by atoms with van der Waals surface area (Å²) in [6.45, 7) is 0. The summed E-state index contributed by atoms with van der Waals surface area (Å²) in [7, 11) is 0. The summed E-state index contributed by atoms with van der Waals surface area (Å²) in [5.41, 5.74) is 3.56. The van der Waals surface area contributed by atoms with E-state index in [1.54, 1.807) is 48.7 Å². The molecule has 200 valence electrons. The molecule has 9 heteroatoms. The maximum absolute atomic E-state index is 13.9. The van der Waals surface area contributed by atoms with Crippen LogP contribution in [0, 0.1) is 23.7 Å². The Morgan fingerprint density at radius 3 is 2.55 bits per heavy atom. The first kappa shape index (κ1) is 25.2. The summed E-state index contributed by atoms with van der Waals surface area (Å²) >= 11 is 9.29. The third-order valence-corrected chi connectivity index (χ3v) is 9.40. The lowest BCUT2D eigenvalue weighted by molar-refractivity contribution is -0.123. The quantitative estimate of drug-likeness (QED) is 0.276. The van der Waals surface area contributed by atoms with Crippen LogP contribution >= 0.6 is 27.5 Å². The number of rotatable bonds is 2. The van der Waals surface area contributed by atoms with E-state index in [2.05, 4.69) is 15.9 Å². The maximum atomic E-state index is 13.9. The van der Waals surface area contributed by atoms with E-state index in [0.717, 1.165) is 16.7 Å². The van der Waals surface area contributed by atoms with E-state index in [1.165, 1.54) is 11.0 Å². The van der Waals surface area contributed by atoms with Crippen molar-refractivity contribution < 1.29 is 29.0 Å². The predicted molar refractivity (Wildman–Crippen MR) is 150 cm³/mol. The lowest BCUT2D eigenvalue weighted by atomic mass is 9.59. The Balaban J connectivity index is 1.33. The normalized spacial score (nSPS) is 27.2. The second-order valence-electron chi connectivity index (χ2n) is 10.7. The molecule has 1 N–H and O–H groups in total. The number of phenols is 1. The Kier molecular flexibility index (Phi) is 5.77. The highest BCUT2D eigenvalue weighted by atomic mass is 79.9. The number of hydrogen-bond acceptors (Lipinski definition) is 6. The summed E-state index contributed by atoms with van der Waals surface area (Å²) in [4.78, 5) is 55.5. The van der Waals surface area contributed by atoms with Crippen molar-refractivity contribution in [3.8, 4) is 11.5 Å². The molecule has 2 aromatic rings. The van der Waals surface area contributed by atoms with E-state index in [1.807, 2.05) is 6.08 Å². The lowest BCUT2D eigenvalue weighted by Gasteiger charge is -2.43. The van der Waals surface area contributed by atoms with Crippen molar-refractivity contribution in [3.05, 3.63) is 98.2 Å². The monoisotopic (exact) mass is 617 g/mol. The van der Waals surface area contributed by atoms with Gasteiger partial charge >= 0.3 is 0 Å². The molecule has 0 saturated carbocycles. The number of fused-ring (bicyclic) bond motifs is 4. The SMILES string of the molecule is O=C1C=C(Br)C(=O)C2=C1[C@@H](C1=COc3ccc(O)cc3C1)C1=CC[C@@H]3C(=O)N(c4ccc(Cl)cc4)C(=O)[C@@H]3[C@@H]1C2. The highest BCUT2D eigenvalue weighted by Gasteiger charge is 2.57. The Labute approximate surface area is 242 Å². The Morgan fingerprint density at radius 1 is 1.00 bits per heavy atom. The smallest absolute Gasteiger partial charge is 0.238 e. The van der Waals surface area contributed by atoms with Gasteiger partial charge in [0.1, 0.15) is 11.5 Å². The number of phenolic OH excluding ortho intramolecular Hbond substituents is 1. The minimum Gasteiger partial charge on any atom is -0.508 e. The van der Waals surface area contributed by atoms with Gasteiger partial charge in [0.05, 0.1) is 28.3 Å². The summed E-state index contributed by atoms with van der Waals surface area (Å²) in [5.74, 6) is -2.73. The van der Waals surface area contributed by atoms with Crippen LogP contribution in [0.4, 0.5) is 5.69 Å². The fourth-order valence-electron chi connectivity index (χ4n) is 6.86. The number of Topliss-reactive ketones (excluding diaryl/α,β-unsaturated/α-hetero) is 1. The molecule has 2 aromatic carbocycles. The average molecular weight is 619 g/mol. The molecule has 7 nitrogen and oxygen atoms in total. The largest absolute Gasteiger partial charge is 0.508 e. The minimum absolute atomic E-state index is 0.0953. The number of halogens is 2. The van der Waals surface area contributed by atoms with E-state index < -0.39 is 23.7 Å². The highest BCUT2D eigenvalue weighted by Crippen LogP contribution is 2.55. The highest BCUT2D eigenvalue weighted by molar-refractivity contribution is 9.12. The zero-order valence-electron chi connectivity index (χ0n) is 20.9. The van der Waals surface area contributed by atoms with Crippen molar-refractivity contribution in [2.75, 3.05) is 4.90 Å². The molecule has 0 bridgehead atoms. The van der Waals surface area contributed by atoms with Crippen molar-refractivity contribution in [2.45, 2.75) is 19.3 Å². The standard InChI is InChI=1S/C31H21BrClNO6/c32-23-12-24(36)28-22(29(23)37)11-21-19(26(28)15-9-14-10-18(35)5-8-25(14)40-13-15)6-7-20-27(21)31(39)34(30(20)38)17-3-1-16(33)2-4-17/h1-6,8,10,12-13,20-21,26-27,35H,7,9,11H2/t20-,21+,26-,27-/m0/s1. The van der Waals surface area contributed by atoms with Gasteiger partial charge < -0.3 is 9.84 Å². The molecular formula is C31H21BrClNO6. The van der Waals surface area contributed by atoms with Crippen LogP contribution in [-0.4, -0.2) is 28.5 Å². The lowest BCUT2D eigenvalue weighted by Crippen LogP contribution is -2.41. The van der Waals surface area contributed by atoms with E-state index >= 15 is 0 Å². The first-order chi connectivity index (χ1) is 19.2. The zero-order valence-corrected chi connectivity index (χ0v) is 23.2. The number of imide groups is 1. The number of anilines is 1. The van der Waals surface area contributed by atoms with E-state index in [-0.39, 0.29) is 40.0 Å². The number of nitrogens with zero attached hydrogens (tertiary/aromatic N) is 1. The van der Waals surface area contributed by atoms with Crippen LogP contribution in [0.3, 0.4) is 0 Å². The maximum Gasteiger partial charge on any atom is 0.238 e. The number of aromatic hydroxyl groups is 1. The van der Waals surface area contributed by atoms with E-state index in [4.69, 9.17) is 16.3 Å². The van der Waals surface area contributed by atoms with Crippen molar-refractivity contribution in [1.29, 1.82) is 0 Å². The Morgan fingerprint density at radius 2 is 1.77 bits per heavy atom. The van der Waals surface area contributed by atoms with Gasteiger partial charge in [-0.25, -0.2) is 0 Å². The molecular weight excluding hydrogens is 598 g/mol. The average Bonchev–Trinajstić information content (AvgIpc) is 3.20. The number of amides is 2. The number of benzene rings is 2. The van der Waals surface area contributed by atoms with E-state index in [0.29, 0.717) is 40.4 Å². The molecule has 1 fully saturated rings. The van der Waals surface area contributed by atoms with Crippen molar-refractivity contribution >= 4 is 56.6 Å². The van der Waals surface area contributed by atoms with Gasteiger partial charge in [-0.1, -0.05) is 23.3 Å². The van der Waals surface area contributed by atoms with Gasteiger partial charge in [0.25, 0.3) is 0 Å². The summed E-state index contributed by atoms with van der Waals surface area (Å²) < 4.78 is 6.09. The number of ketones is 2. The van der Waals surface area contributed by atoms with Crippen LogP contribution in [0.25, 0.3) is 0 Å². The van der Waals surface area contributed by atoms with Gasteiger partial charge in [0.2, 0.25) is 11.8 Å². The summed E-state index contributed by atoms with van der Waals surface area (Å²) in [6.07, 6.45) is 5.80. The molecule has 40 heavy (non-hydrogen) atoms. The minimum atomic E-state index is -0.672. The zero-order chi connectivity index (χ0) is 27.9. The molecule has 4 atom stereocenters. The van der Waals surface area contributed by atoms with Crippen LogP contribution in [-0.2, 0) is 25.6 Å².